The third kappa shape index (κ3) is 3.10. The molecule has 1 aliphatic heterocycles. The minimum atomic E-state index is 0.112. The molecule has 6 nitrogen and oxygen atoms in total. The zero-order valence-corrected chi connectivity index (χ0v) is 13.7. The van der Waals surface area contributed by atoms with E-state index < -0.39 is 0 Å². The first-order chi connectivity index (χ1) is 11.7. The van der Waals surface area contributed by atoms with Crippen LogP contribution < -0.4 is 5.32 Å². The lowest BCUT2D eigenvalue weighted by molar-refractivity contribution is 0.298. The van der Waals surface area contributed by atoms with E-state index >= 15 is 0 Å². The SMILES string of the molecule is CN1C=Nc2cc(-c3ccc(CCO)nc3)nc(NC3CC3)c2C1. The zero-order valence-electron chi connectivity index (χ0n) is 13.7. The van der Waals surface area contributed by atoms with Gasteiger partial charge < -0.3 is 15.3 Å². The molecule has 0 aromatic carbocycles. The molecule has 2 aliphatic rings. The van der Waals surface area contributed by atoms with Crippen LogP contribution in [-0.4, -0.2) is 46.0 Å². The summed E-state index contributed by atoms with van der Waals surface area (Å²) in [4.78, 5) is 15.9. The summed E-state index contributed by atoms with van der Waals surface area (Å²) >= 11 is 0. The predicted octanol–water partition coefficient (Wildman–Crippen LogP) is 2.36. The molecule has 0 unspecified atom stereocenters. The smallest absolute Gasteiger partial charge is 0.134 e. The van der Waals surface area contributed by atoms with Crippen LogP contribution in [0.3, 0.4) is 0 Å². The minimum Gasteiger partial charge on any atom is -0.396 e. The Morgan fingerprint density at radius 1 is 1.33 bits per heavy atom. The number of aliphatic hydroxyl groups is 1. The maximum atomic E-state index is 9.01. The predicted molar refractivity (Wildman–Crippen MR) is 94.5 cm³/mol. The average Bonchev–Trinajstić information content (AvgIpc) is 3.40. The normalized spacial score (nSPS) is 16.2. The molecule has 2 aromatic heterocycles. The Morgan fingerprint density at radius 3 is 2.92 bits per heavy atom. The summed E-state index contributed by atoms with van der Waals surface area (Å²) in [6.45, 7) is 0.927. The summed E-state index contributed by atoms with van der Waals surface area (Å²) in [5, 5.41) is 12.5. The Kier molecular flexibility index (Phi) is 3.90. The Labute approximate surface area is 141 Å². The van der Waals surface area contributed by atoms with E-state index in [9.17, 15) is 0 Å². The highest BCUT2D eigenvalue weighted by molar-refractivity contribution is 5.76. The number of fused-ring (bicyclic) bond motifs is 1. The maximum Gasteiger partial charge on any atom is 0.134 e. The van der Waals surface area contributed by atoms with E-state index in [1.807, 2.05) is 37.8 Å². The van der Waals surface area contributed by atoms with Gasteiger partial charge in [-0.05, 0) is 31.0 Å². The second-order valence-corrected chi connectivity index (χ2v) is 6.44. The fourth-order valence-electron chi connectivity index (χ4n) is 2.81. The third-order valence-corrected chi connectivity index (χ3v) is 4.31. The molecule has 6 heteroatoms. The molecule has 0 radical (unpaired) electrons. The monoisotopic (exact) mass is 323 g/mol. The number of hydrogen-bond donors (Lipinski definition) is 2. The van der Waals surface area contributed by atoms with E-state index in [-0.39, 0.29) is 6.61 Å². The van der Waals surface area contributed by atoms with E-state index in [1.165, 1.54) is 12.8 Å². The first-order valence-corrected chi connectivity index (χ1v) is 8.34. The van der Waals surface area contributed by atoms with Gasteiger partial charge in [0.1, 0.15) is 5.82 Å². The van der Waals surface area contributed by atoms with Crippen LogP contribution in [0.4, 0.5) is 11.5 Å². The van der Waals surface area contributed by atoms with Crippen molar-refractivity contribution in [2.24, 2.45) is 4.99 Å². The van der Waals surface area contributed by atoms with E-state index in [0.717, 1.165) is 40.6 Å². The largest absolute Gasteiger partial charge is 0.396 e. The summed E-state index contributed by atoms with van der Waals surface area (Å²) in [6.07, 6.45) is 6.66. The van der Waals surface area contributed by atoms with Gasteiger partial charge in [-0.2, -0.15) is 0 Å². The van der Waals surface area contributed by atoms with Gasteiger partial charge in [-0.25, -0.2) is 9.98 Å². The van der Waals surface area contributed by atoms with Crippen LogP contribution in [0.15, 0.2) is 29.4 Å². The van der Waals surface area contributed by atoms with E-state index in [1.54, 1.807) is 0 Å². The molecule has 1 saturated carbocycles. The lowest BCUT2D eigenvalue weighted by atomic mass is 10.1. The van der Waals surface area contributed by atoms with Crippen LogP contribution in [-0.2, 0) is 13.0 Å². The van der Waals surface area contributed by atoms with Crippen LogP contribution in [0.2, 0.25) is 0 Å². The van der Waals surface area contributed by atoms with Crippen molar-refractivity contribution in [2.45, 2.75) is 31.8 Å². The standard InChI is InChI=1S/C18H21N5O/c1-23-10-15-17(20-11-23)8-16(22-18(15)21-14-4-5-14)12-2-3-13(6-7-24)19-9-12/h2-3,8-9,11,14,24H,4-7,10H2,1H3,(H,21,22). The van der Waals surface area contributed by atoms with Crippen molar-refractivity contribution in [1.82, 2.24) is 14.9 Å². The molecule has 0 saturated heterocycles. The number of anilines is 1. The first kappa shape index (κ1) is 15.1. The zero-order chi connectivity index (χ0) is 16.5. The number of aliphatic imine (C=N–C) groups is 1. The summed E-state index contributed by atoms with van der Waals surface area (Å²) in [5.41, 5.74) is 4.85. The number of hydrogen-bond acceptors (Lipinski definition) is 6. The third-order valence-electron chi connectivity index (χ3n) is 4.31. The molecule has 4 rings (SSSR count). The molecule has 0 atom stereocenters. The molecular formula is C18H21N5O. The van der Waals surface area contributed by atoms with Crippen molar-refractivity contribution < 1.29 is 5.11 Å². The average molecular weight is 323 g/mol. The molecule has 124 valence electrons. The number of nitrogens with zero attached hydrogens (tertiary/aromatic N) is 4. The lowest BCUT2D eigenvalue weighted by Crippen LogP contribution is -2.21. The van der Waals surface area contributed by atoms with E-state index in [2.05, 4.69) is 20.2 Å². The molecule has 24 heavy (non-hydrogen) atoms. The Hall–Kier alpha value is -2.47. The van der Waals surface area contributed by atoms with Gasteiger partial charge in [0, 0.05) is 55.7 Å². The molecular weight excluding hydrogens is 302 g/mol. The first-order valence-electron chi connectivity index (χ1n) is 8.34. The Morgan fingerprint density at radius 2 is 2.21 bits per heavy atom. The number of rotatable bonds is 5. The van der Waals surface area contributed by atoms with E-state index in [4.69, 9.17) is 10.1 Å². The summed E-state index contributed by atoms with van der Waals surface area (Å²) in [7, 11) is 2.02. The number of aliphatic hydroxyl groups excluding tert-OH is 1. The van der Waals surface area contributed by atoms with E-state index in [0.29, 0.717) is 12.5 Å². The number of aromatic nitrogens is 2. The van der Waals surface area contributed by atoms with Gasteiger partial charge in [0.15, 0.2) is 0 Å². The maximum absolute atomic E-state index is 9.01. The lowest BCUT2D eigenvalue weighted by Gasteiger charge is -2.23. The molecule has 0 amide bonds. The summed E-state index contributed by atoms with van der Waals surface area (Å²) in [5.74, 6) is 0.938. The fourth-order valence-corrected chi connectivity index (χ4v) is 2.81. The van der Waals surface area contributed by atoms with Gasteiger partial charge in [0.25, 0.3) is 0 Å². The van der Waals surface area contributed by atoms with Gasteiger partial charge in [-0.3, -0.25) is 4.98 Å². The van der Waals surface area contributed by atoms with Crippen molar-refractivity contribution in [3.8, 4) is 11.3 Å². The van der Waals surface area contributed by atoms with Crippen molar-refractivity contribution in [3.05, 3.63) is 35.7 Å². The van der Waals surface area contributed by atoms with Crippen LogP contribution in [0.1, 0.15) is 24.1 Å². The van der Waals surface area contributed by atoms with Crippen molar-refractivity contribution in [3.63, 3.8) is 0 Å². The second-order valence-electron chi connectivity index (χ2n) is 6.44. The summed E-state index contributed by atoms with van der Waals surface area (Å²) < 4.78 is 0. The Bertz CT molecular complexity index is 768. The number of pyridine rings is 2. The number of nitrogens with one attached hydrogen (secondary N) is 1. The van der Waals surface area contributed by atoms with Gasteiger partial charge in [0.2, 0.25) is 0 Å². The molecule has 1 fully saturated rings. The van der Waals surface area contributed by atoms with Crippen LogP contribution >= 0.6 is 0 Å². The molecule has 0 spiro atoms. The van der Waals surface area contributed by atoms with Crippen LogP contribution in [0, 0.1) is 0 Å². The molecule has 2 N–H and O–H groups in total. The topological polar surface area (TPSA) is 73.6 Å². The Balaban J connectivity index is 1.72. The fraction of sp³-hybridized carbons (Fsp3) is 0.389. The van der Waals surface area contributed by atoms with Gasteiger partial charge in [-0.1, -0.05) is 0 Å². The second kappa shape index (κ2) is 6.20. The summed E-state index contributed by atoms with van der Waals surface area (Å²) in [6, 6.07) is 6.52. The molecule has 2 aromatic rings. The van der Waals surface area contributed by atoms with Crippen LogP contribution in [0.25, 0.3) is 11.3 Å². The van der Waals surface area contributed by atoms with Crippen LogP contribution in [0.5, 0.6) is 0 Å². The van der Waals surface area contributed by atoms with Crippen molar-refractivity contribution >= 4 is 17.8 Å². The molecule has 3 heterocycles. The molecule has 1 aliphatic carbocycles. The minimum absolute atomic E-state index is 0.112. The molecule has 0 bridgehead atoms. The van der Waals surface area contributed by atoms with Gasteiger partial charge >= 0.3 is 0 Å². The van der Waals surface area contributed by atoms with Crippen molar-refractivity contribution in [2.75, 3.05) is 19.0 Å². The van der Waals surface area contributed by atoms with Crippen molar-refractivity contribution in [1.29, 1.82) is 0 Å². The van der Waals surface area contributed by atoms with Gasteiger partial charge in [0.05, 0.1) is 17.7 Å². The quantitative estimate of drug-likeness (QED) is 0.883. The highest BCUT2D eigenvalue weighted by atomic mass is 16.3. The highest BCUT2D eigenvalue weighted by Gasteiger charge is 2.25. The van der Waals surface area contributed by atoms with Gasteiger partial charge in [-0.15, -0.1) is 0 Å². The highest BCUT2D eigenvalue weighted by Crippen LogP contribution is 2.35.